The second-order valence-corrected chi connectivity index (χ2v) is 21.6. The molecule has 0 saturated carbocycles. The summed E-state index contributed by atoms with van der Waals surface area (Å²) in [5.74, 6) is -0.901. The molecule has 0 aromatic rings. The maximum atomic E-state index is 12.9. The number of esters is 3. The van der Waals surface area contributed by atoms with Crippen LogP contribution in [-0.2, 0) is 28.6 Å². The van der Waals surface area contributed by atoms with Crippen molar-refractivity contribution in [3.8, 4) is 0 Å². The van der Waals surface area contributed by atoms with E-state index in [1.807, 2.05) is 0 Å². The molecule has 434 valence electrons. The molecule has 6 heteroatoms. The first-order valence-electron chi connectivity index (χ1n) is 32.4. The Morgan fingerprint density at radius 2 is 0.520 bits per heavy atom. The lowest BCUT2D eigenvalue weighted by Gasteiger charge is -2.18. The molecule has 0 aliphatic carbocycles. The van der Waals surface area contributed by atoms with Crippen LogP contribution in [0.1, 0.15) is 329 Å². The fourth-order valence-corrected chi connectivity index (χ4v) is 9.35. The van der Waals surface area contributed by atoms with Crippen molar-refractivity contribution in [1.82, 2.24) is 0 Å². The van der Waals surface area contributed by atoms with Gasteiger partial charge in [0.2, 0.25) is 0 Å². The summed E-state index contributed by atoms with van der Waals surface area (Å²) in [5.41, 5.74) is 0. The minimum absolute atomic E-state index is 0.0836. The second kappa shape index (κ2) is 63.4. The van der Waals surface area contributed by atoms with E-state index in [-0.39, 0.29) is 31.1 Å². The number of rotatable bonds is 59. The molecule has 0 amide bonds. The first-order chi connectivity index (χ1) is 37.0. The molecule has 0 saturated heterocycles. The van der Waals surface area contributed by atoms with Gasteiger partial charge in [0.1, 0.15) is 13.2 Å². The van der Waals surface area contributed by atoms with E-state index in [0.29, 0.717) is 19.3 Å². The van der Waals surface area contributed by atoms with Crippen LogP contribution in [0.5, 0.6) is 0 Å². The highest BCUT2D eigenvalue weighted by molar-refractivity contribution is 5.71. The topological polar surface area (TPSA) is 78.9 Å². The molecule has 0 spiro atoms. The number of carbonyl (C=O) groups excluding carboxylic acids is 3. The maximum absolute atomic E-state index is 12.9. The molecule has 0 N–H and O–H groups in total. The molecule has 0 aliphatic heterocycles. The van der Waals surface area contributed by atoms with E-state index in [1.165, 1.54) is 193 Å². The van der Waals surface area contributed by atoms with Crippen molar-refractivity contribution in [2.75, 3.05) is 13.2 Å². The SMILES string of the molecule is CC/C=C\C/C=C\C/C=C\C/C=C\C/C=C\CCCCCC(=O)OC[C@H](COC(=O)CCCCCCCCCCCCCCCCCCCCC)OC(=O)CCCCCCCCCCC/C=C\CCCCCCCC. The van der Waals surface area contributed by atoms with Gasteiger partial charge in [-0.2, -0.15) is 0 Å². The van der Waals surface area contributed by atoms with Gasteiger partial charge in [0.25, 0.3) is 0 Å². The van der Waals surface area contributed by atoms with Crippen molar-refractivity contribution in [2.45, 2.75) is 335 Å². The molecule has 0 aliphatic rings. The van der Waals surface area contributed by atoms with Crippen LogP contribution in [0.3, 0.4) is 0 Å². The lowest BCUT2D eigenvalue weighted by atomic mass is 10.0. The monoisotopic (exact) mass is 1050 g/mol. The third-order valence-electron chi connectivity index (χ3n) is 14.2. The summed E-state index contributed by atoms with van der Waals surface area (Å²) >= 11 is 0. The normalized spacial score (nSPS) is 12.5. The van der Waals surface area contributed by atoms with Crippen LogP contribution in [0.4, 0.5) is 0 Å². The van der Waals surface area contributed by atoms with Gasteiger partial charge < -0.3 is 14.2 Å². The van der Waals surface area contributed by atoms with Gasteiger partial charge in [0, 0.05) is 19.3 Å². The lowest BCUT2D eigenvalue weighted by Crippen LogP contribution is -2.30. The van der Waals surface area contributed by atoms with Crippen molar-refractivity contribution in [3.63, 3.8) is 0 Å². The molecular formula is C69H122O6. The van der Waals surface area contributed by atoms with Crippen LogP contribution in [-0.4, -0.2) is 37.2 Å². The first kappa shape index (κ1) is 71.8. The van der Waals surface area contributed by atoms with Gasteiger partial charge in [-0.05, 0) is 89.9 Å². The van der Waals surface area contributed by atoms with Crippen LogP contribution in [0.15, 0.2) is 72.9 Å². The standard InChI is InChI=1S/C69H122O6/c1-4-7-10-13-16-19-22-25-28-31-34-37-40-43-46-49-52-55-58-61-67(70)73-64-66(75-69(72)63-60-57-54-51-48-45-42-39-36-33-30-27-24-21-18-15-12-9-6-3)65-74-68(71)62-59-56-53-50-47-44-41-38-35-32-29-26-23-20-17-14-11-8-5-2/h7,10,16,19,25,27-28,30,34,37,43,46,66H,4-6,8-9,11-15,17-18,20-24,26,29,31-33,35-36,38-42,44-45,47-65H2,1-3H3/b10-7-,19-16-,28-25-,30-27-,37-34-,46-43-/t66-/m1/s1. The molecule has 0 rings (SSSR count). The van der Waals surface area contributed by atoms with Crippen LogP contribution < -0.4 is 0 Å². The molecule has 0 heterocycles. The number of ether oxygens (including phenoxy) is 3. The average molecular weight is 1050 g/mol. The summed E-state index contributed by atoms with van der Waals surface area (Å²) in [5, 5.41) is 0. The number of allylic oxidation sites excluding steroid dienone is 12. The van der Waals surface area contributed by atoms with Crippen LogP contribution in [0.25, 0.3) is 0 Å². The Hall–Kier alpha value is -3.15. The predicted octanol–water partition coefficient (Wildman–Crippen LogP) is 22.1. The van der Waals surface area contributed by atoms with Crippen LogP contribution in [0, 0.1) is 0 Å². The molecule has 1 atom stereocenters. The zero-order chi connectivity index (χ0) is 54.3. The van der Waals surface area contributed by atoms with Gasteiger partial charge in [0.15, 0.2) is 6.10 Å². The Morgan fingerprint density at radius 1 is 0.280 bits per heavy atom. The summed E-state index contributed by atoms with van der Waals surface area (Å²) in [4.78, 5) is 38.4. The minimum Gasteiger partial charge on any atom is -0.462 e. The van der Waals surface area contributed by atoms with Crippen LogP contribution >= 0.6 is 0 Å². The number of carbonyl (C=O) groups is 3. The van der Waals surface area contributed by atoms with Crippen LogP contribution in [0.2, 0.25) is 0 Å². The highest BCUT2D eigenvalue weighted by Gasteiger charge is 2.19. The molecule has 0 radical (unpaired) electrons. The predicted molar refractivity (Wildman–Crippen MR) is 325 cm³/mol. The first-order valence-corrected chi connectivity index (χ1v) is 32.4. The van der Waals surface area contributed by atoms with Gasteiger partial charge in [-0.1, -0.05) is 293 Å². The highest BCUT2D eigenvalue weighted by Crippen LogP contribution is 2.17. The zero-order valence-electron chi connectivity index (χ0n) is 49.8. The average Bonchev–Trinajstić information content (AvgIpc) is 3.41. The summed E-state index contributed by atoms with van der Waals surface area (Å²) in [7, 11) is 0. The smallest absolute Gasteiger partial charge is 0.306 e. The van der Waals surface area contributed by atoms with Gasteiger partial charge in [-0.25, -0.2) is 0 Å². The molecular weight excluding hydrogens is 925 g/mol. The van der Waals surface area contributed by atoms with E-state index in [1.54, 1.807) is 0 Å². The summed E-state index contributed by atoms with van der Waals surface area (Å²) in [6.07, 6.45) is 81.9. The number of hydrogen-bond donors (Lipinski definition) is 0. The number of unbranched alkanes of at least 4 members (excludes halogenated alkanes) is 36. The Labute approximate surface area is 465 Å². The Balaban J connectivity index is 4.41. The third-order valence-corrected chi connectivity index (χ3v) is 14.2. The quantitative estimate of drug-likeness (QED) is 0.0261. The van der Waals surface area contributed by atoms with E-state index >= 15 is 0 Å². The number of hydrogen-bond acceptors (Lipinski definition) is 6. The molecule has 75 heavy (non-hydrogen) atoms. The van der Waals surface area contributed by atoms with Gasteiger partial charge >= 0.3 is 17.9 Å². The van der Waals surface area contributed by atoms with E-state index in [0.717, 1.165) is 96.3 Å². The van der Waals surface area contributed by atoms with Crippen molar-refractivity contribution in [2.24, 2.45) is 0 Å². The van der Waals surface area contributed by atoms with Gasteiger partial charge in [-0.15, -0.1) is 0 Å². The van der Waals surface area contributed by atoms with Crippen molar-refractivity contribution in [3.05, 3.63) is 72.9 Å². The summed E-state index contributed by atoms with van der Waals surface area (Å²) in [6, 6.07) is 0. The Bertz CT molecular complexity index is 1390. The van der Waals surface area contributed by atoms with E-state index in [4.69, 9.17) is 14.2 Å². The maximum Gasteiger partial charge on any atom is 0.306 e. The molecule has 0 unspecified atom stereocenters. The van der Waals surface area contributed by atoms with Gasteiger partial charge in [-0.3, -0.25) is 14.4 Å². The summed E-state index contributed by atoms with van der Waals surface area (Å²) < 4.78 is 16.9. The van der Waals surface area contributed by atoms with E-state index < -0.39 is 6.10 Å². The Morgan fingerprint density at radius 3 is 0.840 bits per heavy atom. The lowest BCUT2D eigenvalue weighted by molar-refractivity contribution is -0.167. The second-order valence-electron chi connectivity index (χ2n) is 21.6. The third kappa shape index (κ3) is 61.6. The van der Waals surface area contributed by atoms with Crippen molar-refractivity contribution < 1.29 is 28.6 Å². The molecule has 0 bridgehead atoms. The molecule has 6 nitrogen and oxygen atoms in total. The molecule has 0 fully saturated rings. The Kier molecular flexibility index (Phi) is 60.7. The molecule has 0 aromatic heterocycles. The van der Waals surface area contributed by atoms with Gasteiger partial charge in [0.05, 0.1) is 0 Å². The van der Waals surface area contributed by atoms with E-state index in [2.05, 4.69) is 93.7 Å². The van der Waals surface area contributed by atoms with E-state index in [9.17, 15) is 14.4 Å². The fraction of sp³-hybridized carbons (Fsp3) is 0.783. The highest BCUT2D eigenvalue weighted by atomic mass is 16.6. The fourth-order valence-electron chi connectivity index (χ4n) is 9.35. The largest absolute Gasteiger partial charge is 0.462 e. The van der Waals surface area contributed by atoms with Crippen molar-refractivity contribution in [1.29, 1.82) is 0 Å². The van der Waals surface area contributed by atoms with Crippen molar-refractivity contribution >= 4 is 17.9 Å². The molecule has 0 aromatic carbocycles. The minimum atomic E-state index is -0.790. The summed E-state index contributed by atoms with van der Waals surface area (Å²) in [6.45, 7) is 6.54. The zero-order valence-corrected chi connectivity index (χ0v) is 49.8.